The number of aromatic nitrogens is 3. The molecule has 1 N–H and O–H groups in total. The Balaban J connectivity index is 1.52. The van der Waals surface area contributed by atoms with Crippen molar-refractivity contribution >= 4 is 50.0 Å². The van der Waals surface area contributed by atoms with Gasteiger partial charge >= 0.3 is 12.6 Å². The van der Waals surface area contributed by atoms with Crippen LogP contribution in [0.1, 0.15) is 33.7 Å². The second-order valence-corrected chi connectivity index (χ2v) is 10.3. The number of carboxylic acids is 1. The summed E-state index contributed by atoms with van der Waals surface area (Å²) >= 11 is 7.45. The number of carbonyl (C=O) groups is 1. The molecule has 0 fully saturated rings. The van der Waals surface area contributed by atoms with E-state index >= 15 is 0 Å². The Labute approximate surface area is 248 Å². The van der Waals surface area contributed by atoms with E-state index in [4.69, 9.17) is 16.3 Å². The highest BCUT2D eigenvalue weighted by molar-refractivity contribution is 7.18. The van der Waals surface area contributed by atoms with Crippen LogP contribution >= 0.6 is 22.9 Å². The van der Waals surface area contributed by atoms with Crippen molar-refractivity contribution in [3.63, 3.8) is 0 Å². The molecule has 15 heteroatoms. The van der Waals surface area contributed by atoms with Gasteiger partial charge in [0.15, 0.2) is 0 Å². The second kappa shape index (κ2) is 11.9. The molecular formula is C28H17ClF4N4O5S. The molecule has 0 spiro atoms. The molecule has 5 rings (SSSR count). The molecule has 43 heavy (non-hydrogen) atoms. The number of alkyl halides is 4. The number of halogens is 5. The van der Waals surface area contributed by atoms with Gasteiger partial charge in [-0.15, -0.1) is 11.3 Å². The number of rotatable bonds is 9. The molecule has 0 atom stereocenters. The highest BCUT2D eigenvalue weighted by Crippen LogP contribution is 2.40. The van der Waals surface area contributed by atoms with Crippen molar-refractivity contribution in [1.82, 2.24) is 14.5 Å². The van der Waals surface area contributed by atoms with E-state index in [1.165, 1.54) is 35.9 Å². The van der Waals surface area contributed by atoms with E-state index in [1.54, 1.807) is 24.3 Å². The highest BCUT2D eigenvalue weighted by Gasteiger charge is 2.27. The Hall–Kier alpha value is -4.74. The van der Waals surface area contributed by atoms with E-state index in [2.05, 4.69) is 14.7 Å². The molecule has 0 saturated carbocycles. The number of thiophene rings is 1. The van der Waals surface area contributed by atoms with Gasteiger partial charge in [-0.3, -0.25) is 14.3 Å². The summed E-state index contributed by atoms with van der Waals surface area (Å²) in [5, 5.41) is 20.5. The maximum atomic E-state index is 13.8. The van der Waals surface area contributed by atoms with E-state index in [-0.39, 0.29) is 30.1 Å². The summed E-state index contributed by atoms with van der Waals surface area (Å²) in [5.74, 6) is -1.62. The number of benzene rings is 2. The van der Waals surface area contributed by atoms with Gasteiger partial charge in [-0.25, -0.2) is 18.6 Å². The normalized spacial score (nSPS) is 11.4. The molecule has 3 heterocycles. The first-order valence-corrected chi connectivity index (χ1v) is 13.5. The number of aryl methyl sites for hydroxylation is 1. The smallest absolute Gasteiger partial charge is 0.387 e. The van der Waals surface area contributed by atoms with Crippen LogP contribution in [0.15, 0.2) is 46.7 Å². The number of nitrogens with zero attached hydrogens (tertiary/aromatic N) is 4. The Bertz CT molecular complexity index is 2010. The van der Waals surface area contributed by atoms with Gasteiger partial charge in [0, 0.05) is 33.8 Å². The van der Waals surface area contributed by atoms with Crippen LogP contribution in [0.4, 0.5) is 17.6 Å². The van der Waals surface area contributed by atoms with Crippen LogP contribution in [-0.2, 0) is 6.54 Å². The Morgan fingerprint density at radius 1 is 1.19 bits per heavy atom. The maximum Gasteiger partial charge on any atom is 0.387 e. The topological polar surface area (TPSA) is 127 Å². The van der Waals surface area contributed by atoms with Crippen LogP contribution in [0.2, 0.25) is 5.02 Å². The first-order valence-electron chi connectivity index (χ1n) is 12.2. The molecule has 0 radical (unpaired) electrons. The van der Waals surface area contributed by atoms with Crippen LogP contribution in [0.3, 0.4) is 0 Å². The predicted molar refractivity (Wildman–Crippen MR) is 150 cm³/mol. The van der Waals surface area contributed by atoms with Crippen LogP contribution in [0.25, 0.3) is 32.2 Å². The molecule has 220 valence electrons. The molecule has 0 bridgehead atoms. The van der Waals surface area contributed by atoms with Gasteiger partial charge in [-0.2, -0.15) is 14.0 Å². The number of ether oxygens (including phenoxy) is 2. The molecule has 2 aromatic carbocycles. The lowest BCUT2D eigenvalue weighted by molar-refractivity contribution is -0.0519. The Morgan fingerprint density at radius 2 is 1.95 bits per heavy atom. The summed E-state index contributed by atoms with van der Waals surface area (Å²) < 4.78 is 65.3. The summed E-state index contributed by atoms with van der Waals surface area (Å²) in [5.41, 5.74) is -1.56. The average molecular weight is 633 g/mol. The fourth-order valence-corrected chi connectivity index (χ4v) is 5.85. The quantitative estimate of drug-likeness (QED) is 0.175. The molecule has 0 aliphatic rings. The van der Waals surface area contributed by atoms with Gasteiger partial charge in [0.05, 0.1) is 44.4 Å². The van der Waals surface area contributed by atoms with Crippen LogP contribution in [-0.4, -0.2) is 38.8 Å². The van der Waals surface area contributed by atoms with Gasteiger partial charge in [0.1, 0.15) is 30.0 Å². The van der Waals surface area contributed by atoms with Crippen molar-refractivity contribution in [2.45, 2.75) is 26.5 Å². The molecule has 9 nitrogen and oxygen atoms in total. The molecule has 0 aliphatic carbocycles. The molecule has 0 aliphatic heterocycles. The minimum absolute atomic E-state index is 0.0460. The molecule has 0 unspecified atom stereocenters. The second-order valence-electron chi connectivity index (χ2n) is 8.94. The number of aromatic carboxylic acids is 1. The fraction of sp³-hybridized carbons (Fsp3) is 0.179. The van der Waals surface area contributed by atoms with Crippen molar-refractivity contribution in [2.24, 2.45) is 0 Å². The largest absolute Gasteiger partial charge is 0.491 e. The third-order valence-corrected chi connectivity index (χ3v) is 7.71. The Kier molecular flexibility index (Phi) is 8.21. The number of carboxylic acid groups (broad SMARTS) is 1. The van der Waals surface area contributed by atoms with Gasteiger partial charge in [-0.05, 0) is 31.2 Å². The first kappa shape index (κ1) is 29.7. The number of pyridine rings is 1. The van der Waals surface area contributed by atoms with Crippen LogP contribution in [0, 0.1) is 18.3 Å². The molecule has 0 saturated heterocycles. The van der Waals surface area contributed by atoms with E-state index in [0.29, 0.717) is 32.1 Å². The van der Waals surface area contributed by atoms with Crippen LogP contribution in [0.5, 0.6) is 11.5 Å². The lowest BCUT2D eigenvalue weighted by atomic mass is 10.0. The van der Waals surface area contributed by atoms with Crippen molar-refractivity contribution in [2.75, 3.05) is 6.61 Å². The number of fused-ring (bicyclic) bond motifs is 2. The van der Waals surface area contributed by atoms with E-state index in [1.807, 2.05) is 0 Å². The summed E-state index contributed by atoms with van der Waals surface area (Å²) in [4.78, 5) is 33.4. The molecule has 5 aromatic rings. The zero-order valence-electron chi connectivity index (χ0n) is 21.8. The van der Waals surface area contributed by atoms with Gasteiger partial charge in [-0.1, -0.05) is 11.6 Å². The summed E-state index contributed by atoms with van der Waals surface area (Å²) in [6.07, 6.45) is -1.92. The van der Waals surface area contributed by atoms with E-state index in [9.17, 15) is 37.5 Å². The molecule has 0 amide bonds. The summed E-state index contributed by atoms with van der Waals surface area (Å²) in [6, 6.07) is 8.79. The van der Waals surface area contributed by atoms with E-state index < -0.39 is 46.8 Å². The van der Waals surface area contributed by atoms with Crippen molar-refractivity contribution in [1.29, 1.82) is 5.26 Å². The van der Waals surface area contributed by atoms with Gasteiger partial charge in [0.2, 0.25) is 0 Å². The monoisotopic (exact) mass is 632 g/mol. The third-order valence-electron chi connectivity index (χ3n) is 6.48. The lowest BCUT2D eigenvalue weighted by Crippen LogP contribution is -2.27. The van der Waals surface area contributed by atoms with Crippen molar-refractivity contribution in [3.05, 3.63) is 79.8 Å². The first-order chi connectivity index (χ1) is 20.5. The minimum atomic E-state index is -3.44. The van der Waals surface area contributed by atoms with Crippen molar-refractivity contribution in [3.8, 4) is 28.7 Å². The van der Waals surface area contributed by atoms with Gasteiger partial charge < -0.3 is 14.6 Å². The number of nitriles is 1. The third kappa shape index (κ3) is 5.56. The summed E-state index contributed by atoms with van der Waals surface area (Å²) in [7, 11) is 0. The molecule has 3 aromatic heterocycles. The molecular weight excluding hydrogens is 616 g/mol. The van der Waals surface area contributed by atoms with Crippen molar-refractivity contribution < 1.29 is 36.9 Å². The average Bonchev–Trinajstić information content (AvgIpc) is 3.39. The minimum Gasteiger partial charge on any atom is -0.491 e. The number of hydrogen-bond acceptors (Lipinski definition) is 8. The SMILES string of the molecule is Cc1nc2cc(OC(F)F)c(C(F)F)c(C#N)c2c(=O)n1CCOc1ccc(Cl)cc1-c1ccnc2c(C(=O)O)csc12. The standard InChI is InChI=1S/C28H17ClF4N4O5S/c1-12-36-18-9-20(42-28(32)33)22(25(30)31)16(10-34)21(18)26(38)37(12)6-7-41-19-3-2-13(29)8-15(19)14-4-5-35-23-17(27(39)40)11-43-24(14)23/h2-5,8-9,11,25,28H,6-7H2,1H3,(H,39,40). The fourth-order valence-electron chi connectivity index (χ4n) is 4.65. The van der Waals surface area contributed by atoms with E-state index in [0.717, 1.165) is 10.6 Å². The lowest BCUT2D eigenvalue weighted by Gasteiger charge is -2.17. The van der Waals surface area contributed by atoms with Gasteiger partial charge in [0.25, 0.3) is 12.0 Å². The summed E-state index contributed by atoms with van der Waals surface area (Å²) in [6.45, 7) is -2.26. The van der Waals surface area contributed by atoms with Crippen LogP contribution < -0.4 is 15.0 Å². The predicted octanol–water partition coefficient (Wildman–Crippen LogP) is 6.82. The Morgan fingerprint density at radius 3 is 2.63 bits per heavy atom. The maximum absolute atomic E-state index is 13.8. The zero-order valence-corrected chi connectivity index (χ0v) is 23.3. The highest BCUT2D eigenvalue weighted by atomic mass is 35.5. The zero-order chi connectivity index (χ0) is 31.0. The number of hydrogen-bond donors (Lipinski definition) is 1.